The summed E-state index contributed by atoms with van der Waals surface area (Å²) >= 11 is 0. The van der Waals surface area contributed by atoms with Gasteiger partial charge in [-0.25, -0.2) is 17.2 Å². The molecule has 0 bridgehead atoms. The van der Waals surface area contributed by atoms with Gasteiger partial charge in [-0.15, -0.1) is 0 Å². The molecule has 2 rings (SSSR count). The highest BCUT2D eigenvalue weighted by molar-refractivity contribution is 7.85. The van der Waals surface area contributed by atoms with Gasteiger partial charge in [0.25, 0.3) is 5.60 Å². The Bertz CT molecular complexity index is 1070. The minimum absolute atomic E-state index is 0.0305. The van der Waals surface area contributed by atoms with Crippen LogP contribution in [-0.4, -0.2) is 70.8 Å². The number of alkyl halides is 14. The molecule has 0 aliphatic carbocycles. The van der Waals surface area contributed by atoms with Gasteiger partial charge in [-0.2, -0.15) is 52.7 Å². The fourth-order valence-electron chi connectivity index (χ4n) is 3.10. The van der Waals surface area contributed by atoms with Crippen molar-refractivity contribution in [3.8, 4) is 11.5 Å². The summed E-state index contributed by atoms with van der Waals surface area (Å²) in [5, 5.41) is 19.2. The Morgan fingerprint density at radius 1 is 0.778 bits per heavy atom. The first-order chi connectivity index (χ1) is 15.6. The Morgan fingerprint density at radius 2 is 1.14 bits per heavy atom. The van der Waals surface area contributed by atoms with Crippen molar-refractivity contribution in [2.24, 2.45) is 0 Å². The van der Waals surface area contributed by atoms with Crippen LogP contribution in [-0.2, 0) is 14.9 Å². The number of epoxide rings is 1. The monoisotopic (exact) mass is 583 g/mol. The fourth-order valence-corrected chi connectivity index (χ4v) is 3.59. The zero-order valence-electron chi connectivity index (χ0n) is 15.9. The number of phenolic OH excluding ortho intramolecular Hbond substituents is 1. The molecule has 1 aromatic rings. The van der Waals surface area contributed by atoms with Crippen LogP contribution in [0.2, 0.25) is 0 Å². The second-order valence-corrected chi connectivity index (χ2v) is 8.24. The third kappa shape index (κ3) is 3.79. The van der Waals surface area contributed by atoms with Crippen molar-refractivity contribution >= 4 is 10.1 Å². The second-order valence-electron chi connectivity index (χ2n) is 6.86. The van der Waals surface area contributed by atoms with Crippen molar-refractivity contribution in [2.45, 2.75) is 52.5 Å². The van der Waals surface area contributed by atoms with E-state index in [2.05, 4.69) is 9.47 Å². The maximum absolute atomic E-state index is 14.7. The van der Waals surface area contributed by atoms with E-state index in [0.29, 0.717) is 0 Å². The number of phenols is 1. The van der Waals surface area contributed by atoms with Gasteiger partial charge in [0, 0.05) is 6.07 Å². The summed E-state index contributed by atoms with van der Waals surface area (Å²) in [5.41, 5.74) is -23.2. The Balaban J connectivity index is 2.94. The maximum Gasteiger partial charge on any atom is 0.435 e. The average molecular weight is 583 g/mol. The predicted octanol–water partition coefficient (Wildman–Crippen LogP) is 3.76. The summed E-state index contributed by atoms with van der Waals surface area (Å²) in [7, 11) is -5.49. The van der Waals surface area contributed by atoms with Gasteiger partial charge in [-0.05, 0) is 12.1 Å². The molecule has 1 saturated heterocycles. The number of benzene rings is 1. The highest BCUT2D eigenvalue weighted by Gasteiger charge is 3.09. The molecular weight excluding hydrogens is 578 g/mol. The van der Waals surface area contributed by atoms with Crippen molar-refractivity contribution in [3.05, 3.63) is 18.2 Å². The molecule has 22 heteroatoms. The quantitative estimate of drug-likeness (QED) is 0.235. The Labute approximate surface area is 187 Å². The lowest BCUT2D eigenvalue weighted by Crippen LogP contribution is -2.78. The smallest absolute Gasteiger partial charge is 0.435 e. The zero-order chi connectivity index (χ0) is 28.8. The molecule has 0 saturated carbocycles. The Hall–Kier alpha value is -2.33. The highest BCUT2D eigenvalue weighted by Crippen LogP contribution is 2.74. The van der Waals surface area contributed by atoms with Crippen LogP contribution in [0, 0.1) is 0 Å². The molecule has 1 unspecified atom stereocenters. The number of hydrogen-bond donors (Lipinski definition) is 2. The molecular formula is C14H5F14O7S-. The maximum atomic E-state index is 14.7. The number of rotatable bonds is 5. The van der Waals surface area contributed by atoms with Crippen molar-refractivity contribution in [3.63, 3.8) is 0 Å². The Morgan fingerprint density at radius 3 is 1.42 bits per heavy atom. The lowest BCUT2D eigenvalue weighted by molar-refractivity contribution is -0.424. The average Bonchev–Trinajstić information content (AvgIpc) is 3.23. The van der Waals surface area contributed by atoms with E-state index in [1.54, 1.807) is 0 Å². The topological polar surface area (TPSA) is 119 Å². The molecule has 1 atom stereocenters. The summed E-state index contributed by atoms with van der Waals surface area (Å²) in [6.07, 6.45) is -31.7. The number of hydrogen-bond acceptors (Lipinski definition) is 7. The van der Waals surface area contributed by atoms with E-state index in [-0.39, 0.29) is 18.2 Å². The largest absolute Gasteiger partial charge is 0.744 e. The third-order valence-corrected chi connectivity index (χ3v) is 5.53. The van der Waals surface area contributed by atoms with Gasteiger partial charge in [0.2, 0.25) is 0 Å². The SMILES string of the molecule is O=S(=O)([O-])c1ccc(OC2(O)OC2(C(F)(C(F)(F)F)C(F)(F)F)C(F)(C(F)(F)F)C(F)(F)F)c(O)c1. The van der Waals surface area contributed by atoms with Gasteiger partial charge in [0.15, 0.2) is 11.5 Å². The second kappa shape index (κ2) is 7.60. The summed E-state index contributed by atoms with van der Waals surface area (Å²) in [6, 6.07) is -0.485. The number of aromatic hydroxyl groups is 1. The first-order valence-electron chi connectivity index (χ1n) is 8.10. The summed E-state index contributed by atoms with van der Waals surface area (Å²) in [6.45, 7) is 0. The molecule has 0 radical (unpaired) electrons. The molecule has 208 valence electrons. The highest BCUT2D eigenvalue weighted by atomic mass is 32.2. The minimum atomic E-state index is -8.02. The first kappa shape index (κ1) is 29.9. The molecule has 0 spiro atoms. The van der Waals surface area contributed by atoms with Crippen LogP contribution in [0.4, 0.5) is 61.5 Å². The van der Waals surface area contributed by atoms with Gasteiger partial charge in [-0.3, -0.25) is 4.74 Å². The van der Waals surface area contributed by atoms with Crippen LogP contribution in [0.5, 0.6) is 11.5 Å². The van der Waals surface area contributed by atoms with E-state index < -0.39 is 74.1 Å². The standard InChI is InChI=1S/C14H6F14O7S/c15-7(10(17,18)19,11(20,21)22)9(8(16,12(23,24)25)13(26,27)28)14(30,35-9)34-6-2-1-4(3-5(6)29)36(31,32)33/h1-3,29-30H,(H,31,32,33)/p-1. The minimum Gasteiger partial charge on any atom is -0.744 e. The summed E-state index contributed by atoms with van der Waals surface area (Å²) in [4.78, 5) is -1.46. The number of halogens is 14. The van der Waals surface area contributed by atoms with Crippen molar-refractivity contribution < 1.29 is 94.1 Å². The Kier molecular flexibility index (Phi) is 6.31. The zero-order valence-corrected chi connectivity index (χ0v) is 16.7. The molecule has 1 aromatic carbocycles. The third-order valence-electron chi connectivity index (χ3n) is 4.69. The number of aliphatic hydroxyl groups is 1. The van der Waals surface area contributed by atoms with E-state index in [9.17, 15) is 84.6 Å². The fraction of sp³-hybridized carbons (Fsp3) is 0.571. The van der Waals surface area contributed by atoms with Crippen LogP contribution in [0.3, 0.4) is 0 Å². The van der Waals surface area contributed by atoms with Gasteiger partial charge < -0.3 is 19.5 Å². The lowest BCUT2D eigenvalue weighted by Gasteiger charge is -2.42. The van der Waals surface area contributed by atoms with Crippen molar-refractivity contribution in [1.82, 2.24) is 0 Å². The van der Waals surface area contributed by atoms with E-state index in [0.717, 1.165) is 0 Å². The van der Waals surface area contributed by atoms with E-state index in [1.807, 2.05) is 0 Å². The molecule has 0 aromatic heterocycles. The summed E-state index contributed by atoms with van der Waals surface area (Å²) in [5.74, 6) is -9.72. The van der Waals surface area contributed by atoms with Gasteiger partial charge in [0.05, 0.1) is 4.90 Å². The van der Waals surface area contributed by atoms with E-state index in [1.165, 1.54) is 0 Å². The van der Waals surface area contributed by atoms with Crippen LogP contribution >= 0.6 is 0 Å². The summed E-state index contributed by atoms with van der Waals surface area (Å²) < 4.78 is 227. The molecule has 1 aliphatic heterocycles. The van der Waals surface area contributed by atoms with Crippen molar-refractivity contribution in [2.75, 3.05) is 0 Å². The molecule has 1 aliphatic rings. The van der Waals surface area contributed by atoms with Gasteiger partial charge >= 0.3 is 42.0 Å². The molecule has 0 amide bonds. The van der Waals surface area contributed by atoms with Crippen LogP contribution in [0.1, 0.15) is 0 Å². The molecule has 36 heavy (non-hydrogen) atoms. The van der Waals surface area contributed by atoms with Gasteiger partial charge in [0.1, 0.15) is 10.1 Å². The van der Waals surface area contributed by atoms with Crippen LogP contribution < -0.4 is 4.74 Å². The predicted molar refractivity (Wildman–Crippen MR) is 77.4 cm³/mol. The van der Waals surface area contributed by atoms with Crippen LogP contribution in [0.25, 0.3) is 0 Å². The number of ether oxygens (including phenoxy) is 2. The molecule has 2 N–H and O–H groups in total. The van der Waals surface area contributed by atoms with E-state index in [4.69, 9.17) is 0 Å². The lowest BCUT2D eigenvalue weighted by atomic mass is 9.73. The van der Waals surface area contributed by atoms with Gasteiger partial charge in [-0.1, -0.05) is 0 Å². The first-order valence-corrected chi connectivity index (χ1v) is 9.51. The van der Waals surface area contributed by atoms with E-state index >= 15 is 0 Å². The molecule has 1 heterocycles. The van der Waals surface area contributed by atoms with Crippen LogP contribution in [0.15, 0.2) is 23.1 Å². The molecule has 1 fully saturated rings. The normalized spacial score (nSPS) is 21.9. The van der Waals surface area contributed by atoms with Crippen molar-refractivity contribution in [1.29, 1.82) is 0 Å². The molecule has 7 nitrogen and oxygen atoms in total.